The third kappa shape index (κ3) is 10.9. The van der Waals surface area contributed by atoms with Crippen LogP contribution >= 0.6 is 11.6 Å². The summed E-state index contributed by atoms with van der Waals surface area (Å²) in [4.78, 5) is 26.3. The van der Waals surface area contributed by atoms with Gasteiger partial charge in [-0.2, -0.15) is 13.2 Å². The lowest BCUT2D eigenvalue weighted by Gasteiger charge is -2.32. The van der Waals surface area contributed by atoms with Crippen LogP contribution < -0.4 is 20.1 Å². The van der Waals surface area contributed by atoms with E-state index in [1.54, 1.807) is 19.0 Å². The van der Waals surface area contributed by atoms with Crippen molar-refractivity contribution in [3.63, 3.8) is 0 Å². The van der Waals surface area contributed by atoms with Gasteiger partial charge in [0, 0.05) is 71.0 Å². The molecule has 12 heteroatoms. The lowest BCUT2D eigenvalue weighted by molar-refractivity contribution is -0.139. The average molecular weight is 601 g/mol. The number of carbonyl (C=O) groups excluding carboxylic acids is 2. The molecule has 41 heavy (non-hydrogen) atoms. The quantitative estimate of drug-likeness (QED) is 0.423. The molecule has 2 aliphatic rings. The number of rotatable bonds is 4. The van der Waals surface area contributed by atoms with Crippen molar-refractivity contribution < 1.29 is 32.2 Å². The molecule has 4 rings (SSSR count). The summed E-state index contributed by atoms with van der Waals surface area (Å²) < 4.78 is 50.0. The van der Waals surface area contributed by atoms with Crippen LogP contribution in [0.1, 0.15) is 45.1 Å². The fraction of sp³-hybridized carbons (Fsp3) is 0.517. The molecule has 2 N–H and O–H groups in total. The molecule has 2 aromatic carbocycles. The first-order chi connectivity index (χ1) is 19.6. The number of alkyl halides is 3. The average Bonchev–Trinajstić information content (AvgIpc) is 2.99. The molecule has 4 amide bonds. The highest BCUT2D eigenvalue weighted by Gasteiger charge is 2.35. The third-order valence-electron chi connectivity index (χ3n) is 6.49. The molecule has 0 radical (unpaired) electrons. The molecule has 2 saturated heterocycles. The normalized spacial score (nSPS) is 15.9. The van der Waals surface area contributed by atoms with Gasteiger partial charge in [-0.1, -0.05) is 37.6 Å². The molecule has 0 atom stereocenters. The first-order valence-corrected chi connectivity index (χ1v) is 14.2. The Morgan fingerprint density at radius 3 is 1.66 bits per heavy atom. The SMILES string of the molecule is CC.CNC(=O)N1CCC(Oc2ccc(Cl)cc2)CC1.CNC(=O)N1CCC(Oc2ccccc2C(F)(F)F)CC1. The Bertz CT molecular complexity index is 1070. The Morgan fingerprint density at radius 1 is 0.780 bits per heavy atom. The van der Waals surface area contributed by atoms with Crippen LogP contribution in [0.3, 0.4) is 0 Å². The maximum atomic E-state index is 12.9. The van der Waals surface area contributed by atoms with Crippen LogP contribution in [0.25, 0.3) is 0 Å². The summed E-state index contributed by atoms with van der Waals surface area (Å²) in [5.41, 5.74) is -0.765. The van der Waals surface area contributed by atoms with E-state index in [9.17, 15) is 22.8 Å². The van der Waals surface area contributed by atoms with Gasteiger partial charge in [-0.25, -0.2) is 9.59 Å². The highest BCUT2D eigenvalue weighted by Crippen LogP contribution is 2.37. The molecule has 8 nitrogen and oxygen atoms in total. The number of urea groups is 2. The van der Waals surface area contributed by atoms with Gasteiger partial charge in [-0.3, -0.25) is 0 Å². The zero-order valence-corrected chi connectivity index (χ0v) is 24.7. The Labute approximate surface area is 245 Å². The van der Waals surface area contributed by atoms with Gasteiger partial charge in [-0.05, 0) is 36.4 Å². The maximum Gasteiger partial charge on any atom is 0.419 e. The minimum Gasteiger partial charge on any atom is -0.490 e. The number of hydrogen-bond donors (Lipinski definition) is 2. The van der Waals surface area contributed by atoms with E-state index in [-0.39, 0.29) is 30.0 Å². The van der Waals surface area contributed by atoms with Crippen molar-refractivity contribution in [2.45, 2.75) is 57.9 Å². The largest absolute Gasteiger partial charge is 0.490 e. The standard InChI is InChI=1S/C14H17F3N2O2.C13H17ClN2O2.C2H6/c1-18-13(20)19-8-6-10(7-9-19)21-12-5-3-2-4-11(12)14(15,16)17;1-15-13(17)16-8-6-12(7-9-16)18-11-4-2-10(14)3-5-11;1-2/h2-5,10H,6-9H2,1H3,(H,18,20);2-5,12H,6-9H2,1H3,(H,15,17);1-2H3. The topological polar surface area (TPSA) is 83.1 Å². The van der Waals surface area contributed by atoms with Crippen LogP contribution in [0, 0.1) is 0 Å². The van der Waals surface area contributed by atoms with E-state index in [2.05, 4.69) is 10.6 Å². The van der Waals surface area contributed by atoms with Gasteiger partial charge >= 0.3 is 18.2 Å². The summed E-state index contributed by atoms with van der Waals surface area (Å²) in [6.07, 6.45) is -1.83. The predicted octanol–water partition coefficient (Wildman–Crippen LogP) is 6.44. The second-order valence-corrected chi connectivity index (χ2v) is 9.60. The van der Waals surface area contributed by atoms with Gasteiger partial charge in [0.15, 0.2) is 0 Å². The number of nitrogens with one attached hydrogen (secondary N) is 2. The van der Waals surface area contributed by atoms with Crippen molar-refractivity contribution in [3.8, 4) is 11.5 Å². The Balaban J connectivity index is 0.000000273. The fourth-order valence-electron chi connectivity index (χ4n) is 4.36. The highest BCUT2D eigenvalue weighted by atomic mass is 35.5. The Hall–Kier alpha value is -3.34. The molecule has 0 aromatic heterocycles. The fourth-order valence-corrected chi connectivity index (χ4v) is 4.48. The van der Waals surface area contributed by atoms with Gasteiger partial charge in [-0.15, -0.1) is 0 Å². The predicted molar refractivity (Wildman–Crippen MR) is 154 cm³/mol. The van der Waals surface area contributed by atoms with Gasteiger partial charge in [0.05, 0.1) is 5.56 Å². The van der Waals surface area contributed by atoms with E-state index in [4.69, 9.17) is 21.1 Å². The monoisotopic (exact) mass is 600 g/mol. The summed E-state index contributed by atoms with van der Waals surface area (Å²) in [6, 6.07) is 12.4. The van der Waals surface area contributed by atoms with Crippen molar-refractivity contribution in [2.24, 2.45) is 0 Å². The van der Waals surface area contributed by atoms with Crippen molar-refractivity contribution in [1.29, 1.82) is 0 Å². The minimum absolute atomic E-state index is 0.0139. The van der Waals surface area contributed by atoms with E-state index in [0.717, 1.165) is 37.7 Å². The number of likely N-dealkylation sites (tertiary alicyclic amines) is 2. The molecule has 2 fully saturated rings. The van der Waals surface area contributed by atoms with E-state index in [1.165, 1.54) is 18.2 Å². The second-order valence-electron chi connectivity index (χ2n) is 9.17. The van der Waals surface area contributed by atoms with Gasteiger partial charge in [0.2, 0.25) is 0 Å². The summed E-state index contributed by atoms with van der Waals surface area (Å²) in [5.74, 6) is 0.682. The third-order valence-corrected chi connectivity index (χ3v) is 6.74. The number of benzene rings is 2. The Morgan fingerprint density at radius 2 is 1.22 bits per heavy atom. The summed E-state index contributed by atoms with van der Waals surface area (Å²) in [6.45, 7) is 6.41. The number of halogens is 4. The summed E-state index contributed by atoms with van der Waals surface area (Å²) in [5, 5.41) is 5.87. The molecule has 0 saturated carbocycles. The number of amides is 4. The van der Waals surface area contributed by atoms with Gasteiger partial charge in [0.25, 0.3) is 0 Å². The minimum atomic E-state index is -4.43. The zero-order chi connectivity index (χ0) is 30.4. The van der Waals surface area contributed by atoms with Crippen molar-refractivity contribution in [1.82, 2.24) is 20.4 Å². The molecule has 2 aromatic rings. The number of ether oxygens (including phenoxy) is 2. The molecule has 2 heterocycles. The van der Waals surface area contributed by atoms with E-state index >= 15 is 0 Å². The number of para-hydroxylation sites is 1. The van der Waals surface area contributed by atoms with Crippen molar-refractivity contribution >= 4 is 23.7 Å². The smallest absolute Gasteiger partial charge is 0.419 e. The number of nitrogens with zero attached hydrogens (tertiary/aromatic N) is 2. The zero-order valence-electron chi connectivity index (χ0n) is 24.0. The molecular weight excluding hydrogens is 561 g/mol. The van der Waals surface area contributed by atoms with Gasteiger partial charge in [0.1, 0.15) is 23.7 Å². The maximum absolute atomic E-state index is 12.9. The van der Waals surface area contributed by atoms with Crippen LogP contribution in [-0.2, 0) is 6.18 Å². The van der Waals surface area contributed by atoms with Crippen LogP contribution in [0.5, 0.6) is 11.5 Å². The first-order valence-electron chi connectivity index (χ1n) is 13.8. The molecule has 0 bridgehead atoms. The second kappa shape index (κ2) is 16.8. The number of carbonyl (C=O) groups is 2. The molecule has 0 aliphatic carbocycles. The number of piperidine rings is 2. The van der Waals surface area contributed by atoms with Crippen LogP contribution in [0.2, 0.25) is 5.02 Å². The number of hydrogen-bond acceptors (Lipinski definition) is 4. The first kappa shape index (κ1) is 33.9. The highest BCUT2D eigenvalue weighted by molar-refractivity contribution is 6.30. The van der Waals surface area contributed by atoms with Crippen molar-refractivity contribution in [2.75, 3.05) is 40.3 Å². The van der Waals surface area contributed by atoms with E-state index in [1.807, 2.05) is 43.0 Å². The molecule has 0 unspecified atom stereocenters. The van der Waals surface area contributed by atoms with Crippen molar-refractivity contribution in [3.05, 3.63) is 59.1 Å². The van der Waals surface area contributed by atoms with Crippen LogP contribution in [-0.4, -0.2) is 74.3 Å². The lowest BCUT2D eigenvalue weighted by atomic mass is 10.1. The van der Waals surface area contributed by atoms with E-state index in [0.29, 0.717) is 31.0 Å². The van der Waals surface area contributed by atoms with Crippen LogP contribution in [0.4, 0.5) is 22.8 Å². The summed E-state index contributed by atoms with van der Waals surface area (Å²) in [7, 11) is 3.20. The molecule has 2 aliphatic heterocycles. The lowest BCUT2D eigenvalue weighted by Crippen LogP contribution is -2.45. The summed E-state index contributed by atoms with van der Waals surface area (Å²) >= 11 is 5.82. The molecule has 0 spiro atoms. The van der Waals surface area contributed by atoms with Gasteiger partial charge < -0.3 is 29.9 Å². The van der Waals surface area contributed by atoms with E-state index < -0.39 is 11.7 Å². The molecule has 228 valence electrons. The van der Waals surface area contributed by atoms with Crippen LogP contribution in [0.15, 0.2) is 48.5 Å². The Kier molecular flexibility index (Phi) is 13.9. The molecular formula is C29H40ClF3N4O4.